The van der Waals surface area contributed by atoms with Crippen LogP contribution in [0.5, 0.6) is 5.75 Å². The first kappa shape index (κ1) is 22.6. The van der Waals surface area contributed by atoms with Gasteiger partial charge in [0.05, 0.1) is 20.7 Å². The van der Waals surface area contributed by atoms with Crippen LogP contribution in [-0.2, 0) is 13.0 Å². The highest BCUT2D eigenvalue weighted by molar-refractivity contribution is 14.1. The van der Waals surface area contributed by atoms with E-state index in [1.54, 1.807) is 24.4 Å². The van der Waals surface area contributed by atoms with Gasteiger partial charge in [0.25, 0.3) is 5.56 Å². The molecule has 0 bridgehead atoms. The summed E-state index contributed by atoms with van der Waals surface area (Å²) in [5.41, 5.74) is 2.15. The molecule has 0 N–H and O–H groups in total. The van der Waals surface area contributed by atoms with E-state index in [0.717, 1.165) is 24.9 Å². The zero-order valence-electron chi connectivity index (χ0n) is 17.1. The second-order valence-corrected chi connectivity index (χ2v) is 9.09. The number of hydrogen-bond acceptors (Lipinski definition) is 4. The van der Waals surface area contributed by atoms with Gasteiger partial charge in [-0.3, -0.25) is 4.79 Å². The molecular weight excluding hydrogens is 588 g/mol. The molecule has 4 rings (SSSR count). The van der Waals surface area contributed by atoms with Gasteiger partial charge in [0.15, 0.2) is 0 Å². The van der Waals surface area contributed by atoms with Crippen molar-refractivity contribution in [2.24, 2.45) is 5.10 Å². The third kappa shape index (κ3) is 5.07. The zero-order chi connectivity index (χ0) is 22.7. The van der Waals surface area contributed by atoms with Gasteiger partial charge in [-0.1, -0.05) is 35.0 Å². The number of nitrogens with zero attached hydrogens (tertiary/aromatic N) is 3. The lowest BCUT2D eigenvalue weighted by Gasteiger charge is -2.10. The van der Waals surface area contributed by atoms with Crippen molar-refractivity contribution < 1.29 is 9.13 Å². The average molecular weight is 606 g/mol. The quantitative estimate of drug-likeness (QED) is 0.202. The second kappa shape index (κ2) is 9.91. The summed E-state index contributed by atoms with van der Waals surface area (Å²) in [4.78, 5) is 17.6. The van der Waals surface area contributed by atoms with Crippen LogP contribution in [0.2, 0.25) is 0 Å². The van der Waals surface area contributed by atoms with E-state index in [1.165, 1.54) is 16.8 Å². The molecule has 0 atom stereocenters. The van der Waals surface area contributed by atoms with E-state index in [9.17, 15) is 9.18 Å². The van der Waals surface area contributed by atoms with Gasteiger partial charge in [-0.2, -0.15) is 9.78 Å². The molecule has 8 heteroatoms. The Balaban J connectivity index is 1.57. The second-order valence-electron chi connectivity index (χ2n) is 7.01. The number of aromatic nitrogens is 2. The first-order chi connectivity index (χ1) is 15.4. The fourth-order valence-electron chi connectivity index (χ4n) is 3.12. The molecule has 0 fully saturated rings. The SMILES string of the molecule is CCc1nc2ccc(Br)cc2c(=O)n1N=Cc1ccc(OCc2ccc(F)cc2)c(I)c1. The van der Waals surface area contributed by atoms with E-state index >= 15 is 0 Å². The number of ether oxygens (including phenoxy) is 1. The van der Waals surface area contributed by atoms with E-state index in [4.69, 9.17) is 4.74 Å². The Morgan fingerprint density at radius 3 is 2.66 bits per heavy atom. The molecule has 0 aliphatic heterocycles. The number of halogens is 3. The fraction of sp³-hybridized carbons (Fsp3) is 0.125. The molecule has 32 heavy (non-hydrogen) atoms. The summed E-state index contributed by atoms with van der Waals surface area (Å²) in [6.07, 6.45) is 2.21. The highest BCUT2D eigenvalue weighted by Crippen LogP contribution is 2.23. The minimum absolute atomic E-state index is 0.210. The van der Waals surface area contributed by atoms with Crippen molar-refractivity contribution >= 4 is 55.6 Å². The van der Waals surface area contributed by atoms with E-state index < -0.39 is 0 Å². The van der Waals surface area contributed by atoms with E-state index in [-0.39, 0.29) is 11.4 Å². The Morgan fingerprint density at radius 2 is 1.94 bits per heavy atom. The Labute approximate surface area is 206 Å². The first-order valence-electron chi connectivity index (χ1n) is 9.87. The molecule has 5 nitrogen and oxygen atoms in total. The molecular formula is C24H18BrFIN3O2. The van der Waals surface area contributed by atoms with Gasteiger partial charge in [0.2, 0.25) is 0 Å². The van der Waals surface area contributed by atoms with Crippen LogP contribution in [0.15, 0.2) is 75.0 Å². The predicted molar refractivity (Wildman–Crippen MR) is 136 cm³/mol. The van der Waals surface area contributed by atoms with Gasteiger partial charge in [0, 0.05) is 10.9 Å². The summed E-state index contributed by atoms with van der Waals surface area (Å²) in [5, 5.41) is 4.93. The monoisotopic (exact) mass is 605 g/mol. The molecule has 1 heterocycles. The lowest BCUT2D eigenvalue weighted by atomic mass is 10.2. The van der Waals surface area contributed by atoms with Crippen LogP contribution >= 0.6 is 38.5 Å². The Bertz CT molecular complexity index is 1370. The number of hydrogen-bond donors (Lipinski definition) is 0. The maximum atomic E-state index is 13.0. The Morgan fingerprint density at radius 1 is 1.16 bits per heavy atom. The van der Waals surface area contributed by atoms with E-state index in [2.05, 4.69) is 48.6 Å². The van der Waals surface area contributed by atoms with Crippen LogP contribution in [0, 0.1) is 9.39 Å². The summed E-state index contributed by atoms with van der Waals surface area (Å²) >= 11 is 5.60. The van der Waals surface area contributed by atoms with Gasteiger partial charge in [-0.15, -0.1) is 0 Å². The van der Waals surface area contributed by atoms with E-state index in [1.807, 2.05) is 37.3 Å². The van der Waals surface area contributed by atoms with Gasteiger partial charge in [-0.25, -0.2) is 9.37 Å². The summed E-state index contributed by atoms with van der Waals surface area (Å²) in [6.45, 7) is 2.28. The van der Waals surface area contributed by atoms with Crippen LogP contribution in [0.1, 0.15) is 23.9 Å². The smallest absolute Gasteiger partial charge is 0.282 e. The van der Waals surface area contributed by atoms with Crippen molar-refractivity contribution in [3.05, 3.63) is 102 Å². The summed E-state index contributed by atoms with van der Waals surface area (Å²) in [7, 11) is 0. The van der Waals surface area contributed by atoms with Crippen molar-refractivity contribution in [3.8, 4) is 5.75 Å². The molecule has 3 aromatic carbocycles. The predicted octanol–water partition coefficient (Wildman–Crippen LogP) is 5.93. The summed E-state index contributed by atoms with van der Waals surface area (Å²) in [6, 6.07) is 17.3. The number of fused-ring (bicyclic) bond motifs is 1. The fourth-order valence-corrected chi connectivity index (χ4v) is 4.18. The molecule has 0 saturated carbocycles. The molecule has 0 unspecified atom stereocenters. The number of rotatable bonds is 6. The Hall–Kier alpha value is -2.59. The van der Waals surface area contributed by atoms with Crippen LogP contribution < -0.4 is 10.3 Å². The normalized spacial score (nSPS) is 11.4. The number of aryl methyl sites for hydroxylation is 1. The molecule has 4 aromatic rings. The van der Waals surface area contributed by atoms with Gasteiger partial charge < -0.3 is 4.74 Å². The van der Waals surface area contributed by atoms with Crippen molar-refractivity contribution in [2.45, 2.75) is 20.0 Å². The molecule has 1 aromatic heterocycles. The van der Waals surface area contributed by atoms with Crippen molar-refractivity contribution in [3.63, 3.8) is 0 Å². The van der Waals surface area contributed by atoms with Crippen LogP contribution in [0.25, 0.3) is 10.9 Å². The van der Waals surface area contributed by atoms with Crippen LogP contribution in [0.4, 0.5) is 4.39 Å². The molecule has 0 radical (unpaired) electrons. The average Bonchev–Trinajstić information content (AvgIpc) is 2.79. The molecule has 0 spiro atoms. The van der Waals surface area contributed by atoms with Crippen molar-refractivity contribution in [1.82, 2.24) is 9.66 Å². The maximum Gasteiger partial charge on any atom is 0.282 e. The standard InChI is InChI=1S/C24H18BrFIN3O2/c1-2-23-29-21-9-6-17(25)12-19(21)24(31)30(23)28-13-16-5-10-22(20(27)11-16)32-14-15-3-7-18(26)8-4-15/h3-13H,2,14H2,1H3. The summed E-state index contributed by atoms with van der Waals surface area (Å²) in [5.74, 6) is 1.04. The van der Waals surface area contributed by atoms with Gasteiger partial charge in [-0.05, 0) is 82.2 Å². The summed E-state index contributed by atoms with van der Waals surface area (Å²) < 4.78 is 22.0. The molecule has 162 valence electrons. The van der Waals surface area contributed by atoms with E-state index in [0.29, 0.717) is 29.8 Å². The third-order valence-electron chi connectivity index (χ3n) is 4.78. The number of benzene rings is 3. The van der Waals surface area contributed by atoms with Crippen molar-refractivity contribution in [2.75, 3.05) is 0 Å². The topological polar surface area (TPSA) is 56.5 Å². The minimum Gasteiger partial charge on any atom is -0.488 e. The van der Waals surface area contributed by atoms with Crippen LogP contribution in [-0.4, -0.2) is 15.9 Å². The van der Waals surface area contributed by atoms with Gasteiger partial charge in [0.1, 0.15) is 24.0 Å². The lowest BCUT2D eigenvalue weighted by molar-refractivity contribution is 0.304. The molecule has 0 saturated heterocycles. The zero-order valence-corrected chi connectivity index (χ0v) is 20.8. The van der Waals surface area contributed by atoms with Gasteiger partial charge >= 0.3 is 0 Å². The lowest BCUT2D eigenvalue weighted by Crippen LogP contribution is -2.22. The maximum absolute atomic E-state index is 13.0. The third-order valence-corrected chi connectivity index (χ3v) is 6.11. The molecule has 0 aliphatic carbocycles. The van der Waals surface area contributed by atoms with Crippen molar-refractivity contribution in [1.29, 1.82) is 0 Å². The highest BCUT2D eigenvalue weighted by atomic mass is 127. The molecule has 0 amide bonds. The first-order valence-corrected chi connectivity index (χ1v) is 11.7. The van der Waals surface area contributed by atoms with Crippen LogP contribution in [0.3, 0.4) is 0 Å². The largest absolute Gasteiger partial charge is 0.488 e. The minimum atomic E-state index is -0.272. The molecule has 0 aliphatic rings. The Kier molecular flexibility index (Phi) is 7.00. The highest BCUT2D eigenvalue weighted by Gasteiger charge is 2.10.